The van der Waals surface area contributed by atoms with E-state index in [0.717, 1.165) is 11.4 Å². The topological polar surface area (TPSA) is 85.8 Å². The van der Waals surface area contributed by atoms with E-state index in [4.69, 9.17) is 5.73 Å². The second kappa shape index (κ2) is 5.42. The molecule has 1 heterocycles. The Kier molecular flexibility index (Phi) is 3.69. The van der Waals surface area contributed by atoms with Crippen molar-refractivity contribution >= 4 is 11.6 Å². The van der Waals surface area contributed by atoms with Crippen molar-refractivity contribution in [1.29, 1.82) is 0 Å². The third-order valence-corrected chi connectivity index (χ3v) is 2.59. The van der Waals surface area contributed by atoms with Crippen LogP contribution >= 0.6 is 0 Å². The first-order chi connectivity index (χ1) is 8.70. The van der Waals surface area contributed by atoms with E-state index in [1.807, 2.05) is 12.1 Å². The molecule has 0 spiro atoms. The molecular formula is C12H15N5O. The Morgan fingerprint density at radius 3 is 2.50 bits per heavy atom. The van der Waals surface area contributed by atoms with Gasteiger partial charge in [-0.25, -0.2) is 0 Å². The van der Waals surface area contributed by atoms with Crippen molar-refractivity contribution in [2.75, 3.05) is 11.9 Å². The molecule has 1 aromatic carbocycles. The average Bonchev–Trinajstić information content (AvgIpc) is 2.92. The number of nitrogens with one attached hydrogen (secondary N) is 1. The molecule has 1 unspecified atom stereocenters. The van der Waals surface area contributed by atoms with Crippen LogP contribution in [0.1, 0.15) is 6.92 Å². The molecule has 1 amide bonds. The maximum Gasteiger partial charge on any atom is 0.228 e. The smallest absolute Gasteiger partial charge is 0.228 e. The number of hydrogen-bond acceptors (Lipinski definition) is 4. The van der Waals surface area contributed by atoms with E-state index in [1.54, 1.807) is 31.5 Å². The summed E-state index contributed by atoms with van der Waals surface area (Å²) in [5.41, 5.74) is 7.00. The predicted molar refractivity (Wildman–Crippen MR) is 68.2 cm³/mol. The number of carbonyl (C=O) groups is 1. The summed E-state index contributed by atoms with van der Waals surface area (Å²) >= 11 is 0. The standard InChI is InChI=1S/C12H15N5O/c1-9(8-13)12(18)16-10-2-4-11(5-3-10)17-14-6-7-15-17/h2-7,9H,8,13H2,1H3,(H,16,18). The van der Waals surface area contributed by atoms with Gasteiger partial charge in [-0.15, -0.1) is 0 Å². The van der Waals surface area contributed by atoms with Crippen LogP contribution in [0.3, 0.4) is 0 Å². The molecule has 6 nitrogen and oxygen atoms in total. The van der Waals surface area contributed by atoms with Gasteiger partial charge in [-0.3, -0.25) is 4.79 Å². The second-order valence-corrected chi connectivity index (χ2v) is 3.99. The van der Waals surface area contributed by atoms with Crippen LogP contribution in [-0.2, 0) is 4.79 Å². The Morgan fingerprint density at radius 2 is 1.94 bits per heavy atom. The highest BCUT2D eigenvalue weighted by Crippen LogP contribution is 2.12. The zero-order valence-corrected chi connectivity index (χ0v) is 10.1. The van der Waals surface area contributed by atoms with Crippen molar-refractivity contribution < 1.29 is 4.79 Å². The normalized spacial score (nSPS) is 12.1. The van der Waals surface area contributed by atoms with Crippen molar-refractivity contribution in [3.05, 3.63) is 36.7 Å². The maximum absolute atomic E-state index is 11.6. The summed E-state index contributed by atoms with van der Waals surface area (Å²) in [6, 6.07) is 7.28. The quantitative estimate of drug-likeness (QED) is 0.834. The fraction of sp³-hybridized carbons (Fsp3) is 0.250. The molecule has 0 fully saturated rings. The Morgan fingerprint density at radius 1 is 1.33 bits per heavy atom. The summed E-state index contributed by atoms with van der Waals surface area (Å²) in [4.78, 5) is 13.1. The minimum absolute atomic E-state index is 0.0811. The number of carbonyl (C=O) groups excluding carboxylic acids is 1. The highest BCUT2D eigenvalue weighted by molar-refractivity contribution is 5.92. The molecule has 3 N–H and O–H groups in total. The van der Waals surface area contributed by atoms with Crippen LogP contribution in [0.4, 0.5) is 5.69 Å². The molecule has 0 aliphatic carbocycles. The van der Waals surface area contributed by atoms with Crippen molar-refractivity contribution in [1.82, 2.24) is 15.0 Å². The Bertz CT molecular complexity index is 506. The molecule has 1 atom stereocenters. The van der Waals surface area contributed by atoms with Crippen molar-refractivity contribution in [2.24, 2.45) is 11.7 Å². The molecule has 18 heavy (non-hydrogen) atoms. The monoisotopic (exact) mass is 245 g/mol. The van der Waals surface area contributed by atoms with Gasteiger partial charge in [0, 0.05) is 18.2 Å². The van der Waals surface area contributed by atoms with Crippen molar-refractivity contribution in [3.63, 3.8) is 0 Å². The van der Waals surface area contributed by atoms with Gasteiger partial charge in [-0.05, 0) is 24.3 Å². The molecule has 6 heteroatoms. The van der Waals surface area contributed by atoms with E-state index in [-0.39, 0.29) is 11.8 Å². The van der Waals surface area contributed by atoms with E-state index < -0.39 is 0 Å². The first kappa shape index (κ1) is 12.3. The van der Waals surface area contributed by atoms with Crippen LogP contribution < -0.4 is 11.1 Å². The Labute approximate surface area is 105 Å². The van der Waals surface area contributed by atoms with Gasteiger partial charge in [0.25, 0.3) is 0 Å². The summed E-state index contributed by atoms with van der Waals surface area (Å²) in [7, 11) is 0. The second-order valence-electron chi connectivity index (χ2n) is 3.99. The highest BCUT2D eigenvalue weighted by atomic mass is 16.1. The lowest BCUT2D eigenvalue weighted by Gasteiger charge is -2.10. The Hall–Kier alpha value is -2.21. The molecule has 0 radical (unpaired) electrons. The van der Waals surface area contributed by atoms with Gasteiger partial charge < -0.3 is 11.1 Å². The Balaban J connectivity index is 2.06. The lowest BCUT2D eigenvalue weighted by atomic mass is 10.1. The minimum atomic E-state index is -0.197. The van der Waals surface area contributed by atoms with Gasteiger partial charge in [0.2, 0.25) is 5.91 Å². The van der Waals surface area contributed by atoms with Gasteiger partial charge in [-0.2, -0.15) is 15.0 Å². The van der Waals surface area contributed by atoms with Gasteiger partial charge in [0.15, 0.2) is 0 Å². The molecule has 0 aliphatic heterocycles. The van der Waals surface area contributed by atoms with E-state index in [2.05, 4.69) is 15.5 Å². The molecule has 94 valence electrons. The van der Waals surface area contributed by atoms with Crippen LogP contribution in [-0.4, -0.2) is 27.4 Å². The third-order valence-electron chi connectivity index (χ3n) is 2.59. The number of benzene rings is 1. The minimum Gasteiger partial charge on any atom is -0.330 e. The maximum atomic E-state index is 11.6. The fourth-order valence-electron chi connectivity index (χ4n) is 1.40. The van der Waals surface area contributed by atoms with E-state index >= 15 is 0 Å². The molecule has 2 aromatic rings. The molecule has 0 bridgehead atoms. The lowest BCUT2D eigenvalue weighted by molar-refractivity contribution is -0.119. The average molecular weight is 245 g/mol. The summed E-state index contributed by atoms with van der Waals surface area (Å²) < 4.78 is 0. The first-order valence-corrected chi connectivity index (χ1v) is 5.68. The largest absolute Gasteiger partial charge is 0.330 e. The van der Waals surface area contributed by atoms with Gasteiger partial charge in [-0.1, -0.05) is 6.92 Å². The van der Waals surface area contributed by atoms with Gasteiger partial charge >= 0.3 is 0 Å². The zero-order valence-electron chi connectivity index (χ0n) is 10.1. The summed E-state index contributed by atoms with van der Waals surface area (Å²) in [6.45, 7) is 2.12. The summed E-state index contributed by atoms with van der Waals surface area (Å²) in [5.74, 6) is -0.278. The summed E-state index contributed by atoms with van der Waals surface area (Å²) in [6.07, 6.45) is 3.22. The molecule has 0 saturated carbocycles. The lowest BCUT2D eigenvalue weighted by Crippen LogP contribution is -2.26. The number of hydrogen-bond donors (Lipinski definition) is 2. The molecular weight excluding hydrogens is 230 g/mol. The molecule has 0 saturated heterocycles. The van der Waals surface area contributed by atoms with Gasteiger partial charge in [0.1, 0.15) is 0 Å². The number of nitrogens with zero attached hydrogens (tertiary/aromatic N) is 3. The number of amides is 1. The molecule has 0 aliphatic rings. The van der Waals surface area contributed by atoms with E-state index in [0.29, 0.717) is 6.54 Å². The van der Waals surface area contributed by atoms with Gasteiger partial charge in [0.05, 0.1) is 18.1 Å². The number of aromatic nitrogens is 3. The SMILES string of the molecule is CC(CN)C(=O)Nc1ccc(-n2nccn2)cc1. The van der Waals surface area contributed by atoms with Crippen LogP contribution in [0.15, 0.2) is 36.7 Å². The van der Waals surface area contributed by atoms with Crippen molar-refractivity contribution in [3.8, 4) is 5.69 Å². The van der Waals surface area contributed by atoms with Crippen LogP contribution in [0, 0.1) is 5.92 Å². The van der Waals surface area contributed by atoms with Crippen molar-refractivity contribution in [2.45, 2.75) is 6.92 Å². The first-order valence-electron chi connectivity index (χ1n) is 5.68. The van der Waals surface area contributed by atoms with Crippen LogP contribution in [0.25, 0.3) is 5.69 Å². The third kappa shape index (κ3) is 2.72. The van der Waals surface area contributed by atoms with Crippen LogP contribution in [0.5, 0.6) is 0 Å². The number of anilines is 1. The fourth-order valence-corrected chi connectivity index (χ4v) is 1.40. The number of nitrogens with two attached hydrogens (primary N) is 1. The predicted octanol–water partition coefficient (Wildman–Crippen LogP) is 0.801. The van der Waals surface area contributed by atoms with E-state index in [9.17, 15) is 4.79 Å². The molecule has 2 rings (SSSR count). The zero-order chi connectivity index (χ0) is 13.0. The van der Waals surface area contributed by atoms with Crippen LogP contribution in [0.2, 0.25) is 0 Å². The summed E-state index contributed by atoms with van der Waals surface area (Å²) in [5, 5.41) is 10.8. The van der Waals surface area contributed by atoms with E-state index in [1.165, 1.54) is 4.80 Å². The molecule has 1 aromatic heterocycles. The highest BCUT2D eigenvalue weighted by Gasteiger charge is 2.10. The number of rotatable bonds is 4.